The number of carbonyl (C=O) groups excluding carboxylic acids is 1. The van der Waals surface area contributed by atoms with Gasteiger partial charge < -0.3 is 20.3 Å². The van der Waals surface area contributed by atoms with E-state index < -0.39 is 12.7 Å². The maximum Gasteiger partial charge on any atom is 0.305 e. The summed E-state index contributed by atoms with van der Waals surface area (Å²) in [6.07, 6.45) is 18.4. The number of unbranched alkanes of at least 4 members (excludes halogenated alkanes) is 8. The van der Waals surface area contributed by atoms with Crippen molar-refractivity contribution in [3.05, 3.63) is 42.0 Å². The number of ether oxygens (including phenoxy) is 1. The molecule has 1 rings (SSSR count). The van der Waals surface area contributed by atoms with Crippen LogP contribution >= 0.6 is 0 Å². The highest BCUT2D eigenvalue weighted by molar-refractivity contribution is 5.69. The van der Waals surface area contributed by atoms with Gasteiger partial charge in [0.25, 0.3) is 0 Å². The van der Waals surface area contributed by atoms with Crippen molar-refractivity contribution in [3.63, 3.8) is 0 Å². The van der Waals surface area contributed by atoms with Gasteiger partial charge in [-0.25, -0.2) is 0 Å². The number of esters is 1. The first-order chi connectivity index (χ1) is 15.7. The van der Waals surface area contributed by atoms with E-state index in [4.69, 9.17) is 9.84 Å². The second-order valence-corrected chi connectivity index (χ2v) is 8.52. The third-order valence-corrected chi connectivity index (χ3v) is 5.44. The number of nitrogens with one attached hydrogen (secondary N) is 1. The lowest BCUT2D eigenvalue weighted by Gasteiger charge is -2.09. The molecule has 0 radical (unpaired) electrons. The van der Waals surface area contributed by atoms with Gasteiger partial charge in [-0.1, -0.05) is 69.7 Å². The topological polar surface area (TPSA) is 78.8 Å². The summed E-state index contributed by atoms with van der Waals surface area (Å²) < 4.78 is 4.92. The Morgan fingerprint density at radius 3 is 2.50 bits per heavy atom. The van der Waals surface area contributed by atoms with E-state index in [1.54, 1.807) is 0 Å². The predicted molar refractivity (Wildman–Crippen MR) is 133 cm³/mol. The Bertz CT molecular complexity index is 617. The molecule has 0 heterocycles. The van der Waals surface area contributed by atoms with Crippen LogP contribution in [0.4, 0.5) is 5.69 Å². The predicted octanol–water partition coefficient (Wildman–Crippen LogP) is 5.79. The SMILES string of the molecule is CCCCCCCCCC=CCCCNc1cccc(CCCC(=O)OCC(O)CO)c1. The Hall–Kier alpha value is -1.85. The van der Waals surface area contributed by atoms with E-state index in [2.05, 4.69) is 42.6 Å². The van der Waals surface area contributed by atoms with Crippen molar-refractivity contribution in [3.8, 4) is 0 Å². The number of rotatable bonds is 20. The van der Waals surface area contributed by atoms with Crippen LogP contribution in [0.25, 0.3) is 0 Å². The Labute approximate surface area is 195 Å². The number of hydrogen-bond donors (Lipinski definition) is 3. The van der Waals surface area contributed by atoms with Crippen LogP contribution in [0.1, 0.15) is 89.5 Å². The molecule has 0 amide bonds. The highest BCUT2D eigenvalue weighted by Gasteiger charge is 2.07. The van der Waals surface area contributed by atoms with Crippen LogP contribution in [0.3, 0.4) is 0 Å². The molecular formula is C27H45NO4. The molecular weight excluding hydrogens is 402 g/mol. The minimum atomic E-state index is -0.998. The van der Waals surface area contributed by atoms with Crippen LogP contribution in [0.5, 0.6) is 0 Å². The molecule has 1 unspecified atom stereocenters. The molecule has 0 saturated carbocycles. The van der Waals surface area contributed by atoms with Gasteiger partial charge in [0.15, 0.2) is 0 Å². The van der Waals surface area contributed by atoms with Gasteiger partial charge in [-0.3, -0.25) is 4.79 Å². The Balaban J connectivity index is 2.07. The van der Waals surface area contributed by atoms with Gasteiger partial charge in [-0.2, -0.15) is 0 Å². The zero-order valence-electron chi connectivity index (χ0n) is 20.1. The lowest BCUT2D eigenvalue weighted by atomic mass is 10.1. The van der Waals surface area contributed by atoms with Gasteiger partial charge in [0, 0.05) is 18.7 Å². The standard InChI is InChI=1S/C27H45NO4/c1-2-3-4-5-6-7-8-9-10-11-12-13-20-28-25-18-14-16-24(21-25)17-15-19-27(31)32-23-26(30)22-29/h10-11,14,16,18,21,26,28-30H,2-9,12-13,15,17,19-20,22-23H2,1H3. The van der Waals surface area contributed by atoms with E-state index in [0.29, 0.717) is 12.8 Å². The number of benzene rings is 1. The third kappa shape index (κ3) is 15.9. The smallest absolute Gasteiger partial charge is 0.305 e. The molecule has 1 aromatic carbocycles. The summed E-state index contributed by atoms with van der Waals surface area (Å²) in [5.41, 5.74) is 2.30. The minimum Gasteiger partial charge on any atom is -0.463 e. The molecule has 1 atom stereocenters. The second kappa shape index (κ2) is 19.8. The molecule has 0 bridgehead atoms. The highest BCUT2D eigenvalue weighted by Crippen LogP contribution is 2.14. The number of hydrogen-bond acceptors (Lipinski definition) is 5. The quantitative estimate of drug-likeness (QED) is 0.134. The molecule has 5 nitrogen and oxygen atoms in total. The average Bonchev–Trinajstić information content (AvgIpc) is 2.80. The normalized spacial score (nSPS) is 12.2. The van der Waals surface area contributed by atoms with E-state index in [-0.39, 0.29) is 12.6 Å². The van der Waals surface area contributed by atoms with Gasteiger partial charge >= 0.3 is 5.97 Å². The maximum absolute atomic E-state index is 11.6. The maximum atomic E-state index is 11.6. The van der Waals surface area contributed by atoms with Crippen molar-refractivity contribution < 1.29 is 19.7 Å². The van der Waals surface area contributed by atoms with Gasteiger partial charge in [0.2, 0.25) is 0 Å². The fraction of sp³-hybridized carbons (Fsp3) is 0.667. The highest BCUT2D eigenvalue weighted by atomic mass is 16.5. The first kappa shape index (κ1) is 28.2. The van der Waals surface area contributed by atoms with E-state index in [1.807, 2.05) is 6.07 Å². The second-order valence-electron chi connectivity index (χ2n) is 8.52. The summed E-state index contributed by atoms with van der Waals surface area (Å²) in [5.74, 6) is -0.341. The van der Waals surface area contributed by atoms with Crippen molar-refractivity contribution in [1.82, 2.24) is 0 Å². The average molecular weight is 448 g/mol. The first-order valence-corrected chi connectivity index (χ1v) is 12.6. The lowest BCUT2D eigenvalue weighted by molar-refractivity contribution is -0.147. The van der Waals surface area contributed by atoms with E-state index in [0.717, 1.165) is 31.5 Å². The molecule has 5 heteroatoms. The monoisotopic (exact) mass is 447 g/mol. The lowest BCUT2D eigenvalue weighted by Crippen LogP contribution is -2.21. The Morgan fingerprint density at radius 2 is 1.75 bits per heavy atom. The van der Waals surface area contributed by atoms with Crippen molar-refractivity contribution in [2.45, 2.75) is 96.5 Å². The Kier molecular flexibility index (Phi) is 17.4. The summed E-state index contributed by atoms with van der Waals surface area (Å²) in [4.78, 5) is 11.6. The molecule has 3 N–H and O–H groups in total. The first-order valence-electron chi connectivity index (χ1n) is 12.6. The van der Waals surface area contributed by atoms with Crippen LogP contribution in [-0.2, 0) is 16.0 Å². The van der Waals surface area contributed by atoms with E-state index >= 15 is 0 Å². The summed E-state index contributed by atoms with van der Waals surface area (Å²) in [5, 5.41) is 21.4. The number of aliphatic hydroxyl groups is 2. The van der Waals surface area contributed by atoms with E-state index in [1.165, 1.54) is 56.9 Å². The molecule has 0 aliphatic rings. The van der Waals surface area contributed by atoms with Crippen molar-refractivity contribution in [2.24, 2.45) is 0 Å². The molecule has 0 aliphatic heterocycles. The number of aliphatic hydroxyl groups excluding tert-OH is 2. The molecule has 0 aromatic heterocycles. The molecule has 0 aliphatic carbocycles. The summed E-state index contributed by atoms with van der Waals surface area (Å²) in [7, 11) is 0. The molecule has 32 heavy (non-hydrogen) atoms. The van der Waals surface area contributed by atoms with Crippen molar-refractivity contribution >= 4 is 11.7 Å². The Morgan fingerprint density at radius 1 is 1.03 bits per heavy atom. The zero-order valence-corrected chi connectivity index (χ0v) is 20.1. The fourth-order valence-corrected chi connectivity index (χ4v) is 3.50. The molecule has 0 saturated heterocycles. The largest absolute Gasteiger partial charge is 0.463 e. The van der Waals surface area contributed by atoms with Crippen LogP contribution in [-0.4, -0.2) is 42.0 Å². The fourth-order valence-electron chi connectivity index (χ4n) is 3.50. The molecule has 0 spiro atoms. The number of allylic oxidation sites excluding steroid dienone is 2. The van der Waals surface area contributed by atoms with Gasteiger partial charge in [-0.05, 0) is 56.2 Å². The summed E-state index contributed by atoms with van der Waals surface area (Å²) in [6.45, 7) is 2.66. The molecule has 0 fully saturated rings. The van der Waals surface area contributed by atoms with Gasteiger partial charge in [-0.15, -0.1) is 0 Å². The molecule has 1 aromatic rings. The van der Waals surface area contributed by atoms with Crippen molar-refractivity contribution in [1.29, 1.82) is 0 Å². The number of anilines is 1. The number of aryl methyl sites for hydroxylation is 1. The van der Waals surface area contributed by atoms with Crippen LogP contribution in [0.15, 0.2) is 36.4 Å². The third-order valence-electron chi connectivity index (χ3n) is 5.44. The van der Waals surface area contributed by atoms with Crippen LogP contribution in [0, 0.1) is 0 Å². The zero-order chi connectivity index (χ0) is 23.3. The van der Waals surface area contributed by atoms with Gasteiger partial charge in [0.05, 0.1) is 6.61 Å². The van der Waals surface area contributed by atoms with E-state index in [9.17, 15) is 9.90 Å². The summed E-state index contributed by atoms with van der Waals surface area (Å²) >= 11 is 0. The number of carbonyl (C=O) groups is 1. The van der Waals surface area contributed by atoms with Crippen molar-refractivity contribution in [2.75, 3.05) is 25.1 Å². The van der Waals surface area contributed by atoms with Crippen LogP contribution < -0.4 is 5.32 Å². The summed E-state index contributed by atoms with van der Waals surface area (Å²) in [6, 6.07) is 8.32. The van der Waals surface area contributed by atoms with Gasteiger partial charge in [0.1, 0.15) is 12.7 Å². The van der Waals surface area contributed by atoms with Crippen LogP contribution in [0.2, 0.25) is 0 Å². The molecule has 182 valence electrons. The minimum absolute atomic E-state index is 0.150.